The van der Waals surface area contributed by atoms with Crippen LogP contribution in [0.1, 0.15) is 18.5 Å². The first-order valence-corrected chi connectivity index (χ1v) is 7.15. The summed E-state index contributed by atoms with van der Waals surface area (Å²) in [7, 11) is 0. The fourth-order valence-corrected chi connectivity index (χ4v) is 2.97. The van der Waals surface area contributed by atoms with Crippen LogP contribution in [0.4, 0.5) is 4.39 Å². The van der Waals surface area contributed by atoms with Crippen molar-refractivity contribution in [2.75, 3.05) is 0 Å². The molecule has 0 radical (unpaired) electrons. The molecule has 2 aromatic rings. The summed E-state index contributed by atoms with van der Waals surface area (Å²) in [4.78, 5) is 2.09. The van der Waals surface area contributed by atoms with Gasteiger partial charge in [-0.15, -0.1) is 0 Å². The Morgan fingerprint density at radius 2 is 1.83 bits per heavy atom. The van der Waals surface area contributed by atoms with E-state index in [1.165, 1.54) is 12.1 Å². The van der Waals surface area contributed by atoms with Crippen molar-refractivity contribution in [3.05, 3.63) is 58.3 Å². The van der Waals surface area contributed by atoms with Crippen molar-refractivity contribution in [2.45, 2.75) is 22.8 Å². The van der Waals surface area contributed by atoms with Gasteiger partial charge in [0.2, 0.25) is 0 Å². The molecule has 18 heavy (non-hydrogen) atoms. The van der Waals surface area contributed by atoms with Crippen LogP contribution in [0.5, 0.6) is 0 Å². The van der Waals surface area contributed by atoms with Crippen LogP contribution < -0.4 is 5.73 Å². The van der Waals surface area contributed by atoms with Gasteiger partial charge in [-0.3, -0.25) is 0 Å². The summed E-state index contributed by atoms with van der Waals surface area (Å²) in [6, 6.07) is 12.6. The van der Waals surface area contributed by atoms with Crippen LogP contribution in [0.3, 0.4) is 0 Å². The Bertz CT molecular complexity index is 540. The van der Waals surface area contributed by atoms with Crippen LogP contribution in [0.15, 0.2) is 56.7 Å². The maximum Gasteiger partial charge on any atom is 0.123 e. The van der Waals surface area contributed by atoms with E-state index >= 15 is 0 Å². The minimum atomic E-state index is -0.217. The minimum Gasteiger partial charge on any atom is -0.324 e. The Balaban J connectivity index is 2.22. The summed E-state index contributed by atoms with van der Waals surface area (Å²) in [6.45, 7) is 1.95. The molecule has 1 unspecified atom stereocenters. The Morgan fingerprint density at radius 1 is 1.17 bits per heavy atom. The van der Waals surface area contributed by atoms with Gasteiger partial charge < -0.3 is 5.73 Å². The number of halogens is 2. The molecule has 94 valence electrons. The zero-order chi connectivity index (χ0) is 13.1. The maximum absolute atomic E-state index is 12.8. The van der Waals surface area contributed by atoms with Gasteiger partial charge in [0.05, 0.1) is 0 Å². The summed E-state index contributed by atoms with van der Waals surface area (Å²) < 4.78 is 13.8. The van der Waals surface area contributed by atoms with E-state index in [0.29, 0.717) is 0 Å². The van der Waals surface area contributed by atoms with Crippen molar-refractivity contribution in [1.82, 2.24) is 0 Å². The average molecular weight is 326 g/mol. The molecule has 2 N–H and O–H groups in total. The van der Waals surface area contributed by atoms with Gasteiger partial charge in [-0.05, 0) is 64.8 Å². The first-order chi connectivity index (χ1) is 8.56. The van der Waals surface area contributed by atoms with E-state index in [9.17, 15) is 4.39 Å². The quantitative estimate of drug-likeness (QED) is 0.880. The monoisotopic (exact) mass is 325 g/mol. The topological polar surface area (TPSA) is 26.0 Å². The van der Waals surface area contributed by atoms with Gasteiger partial charge in [-0.2, -0.15) is 0 Å². The lowest BCUT2D eigenvalue weighted by atomic mass is 10.1. The zero-order valence-electron chi connectivity index (χ0n) is 9.86. The lowest BCUT2D eigenvalue weighted by molar-refractivity contribution is 0.626. The van der Waals surface area contributed by atoms with E-state index in [1.807, 2.05) is 25.1 Å². The van der Waals surface area contributed by atoms with Crippen LogP contribution in [0.25, 0.3) is 0 Å². The van der Waals surface area contributed by atoms with E-state index in [2.05, 4.69) is 15.9 Å². The Hall–Kier alpha value is -0.840. The second-order valence-corrected chi connectivity index (χ2v) is 6.00. The fraction of sp³-hybridized carbons (Fsp3) is 0.143. The molecule has 0 aliphatic heterocycles. The summed E-state index contributed by atoms with van der Waals surface area (Å²) in [5.41, 5.74) is 6.92. The van der Waals surface area contributed by atoms with Gasteiger partial charge in [0.1, 0.15) is 5.82 Å². The van der Waals surface area contributed by atoms with Gasteiger partial charge in [0.25, 0.3) is 0 Å². The Morgan fingerprint density at radius 3 is 2.39 bits per heavy atom. The average Bonchev–Trinajstić information content (AvgIpc) is 2.34. The van der Waals surface area contributed by atoms with Gasteiger partial charge in [-0.25, -0.2) is 4.39 Å². The van der Waals surface area contributed by atoms with E-state index in [0.717, 1.165) is 19.8 Å². The largest absolute Gasteiger partial charge is 0.324 e. The third-order valence-corrected chi connectivity index (χ3v) is 4.53. The third kappa shape index (κ3) is 3.34. The molecule has 0 saturated carbocycles. The van der Waals surface area contributed by atoms with E-state index in [-0.39, 0.29) is 11.9 Å². The van der Waals surface area contributed by atoms with Crippen molar-refractivity contribution < 1.29 is 4.39 Å². The molecule has 0 aliphatic carbocycles. The summed E-state index contributed by atoms with van der Waals surface area (Å²) in [5.74, 6) is -0.217. The van der Waals surface area contributed by atoms with Crippen LogP contribution in [0.2, 0.25) is 0 Å². The lowest BCUT2D eigenvalue weighted by Crippen LogP contribution is -2.04. The second kappa shape index (κ2) is 5.87. The molecule has 0 amide bonds. The zero-order valence-corrected chi connectivity index (χ0v) is 12.3. The van der Waals surface area contributed by atoms with Crippen molar-refractivity contribution in [3.63, 3.8) is 0 Å². The standard InChI is InChI=1S/C14H13BrFNS/c1-9(17)10-2-7-14(13(15)8-10)18-12-5-3-11(16)4-6-12/h2-9H,17H2,1H3. The molecule has 0 aromatic heterocycles. The van der Waals surface area contributed by atoms with E-state index < -0.39 is 0 Å². The van der Waals surface area contributed by atoms with E-state index in [1.54, 1.807) is 23.9 Å². The Kier molecular flexibility index (Phi) is 4.43. The predicted octanol–water partition coefficient (Wildman–Crippen LogP) is 4.76. The molecule has 0 spiro atoms. The smallest absolute Gasteiger partial charge is 0.123 e. The fourth-order valence-electron chi connectivity index (χ4n) is 1.51. The minimum absolute atomic E-state index is 0.0196. The predicted molar refractivity (Wildman–Crippen MR) is 77.3 cm³/mol. The van der Waals surface area contributed by atoms with Gasteiger partial charge in [0.15, 0.2) is 0 Å². The van der Waals surface area contributed by atoms with E-state index in [4.69, 9.17) is 5.73 Å². The molecule has 1 atom stereocenters. The molecule has 0 heterocycles. The number of benzene rings is 2. The molecule has 0 saturated heterocycles. The van der Waals surface area contributed by atoms with Crippen LogP contribution >= 0.6 is 27.7 Å². The van der Waals surface area contributed by atoms with Gasteiger partial charge in [0, 0.05) is 20.3 Å². The van der Waals surface area contributed by atoms with Crippen molar-refractivity contribution in [2.24, 2.45) is 5.73 Å². The summed E-state index contributed by atoms with van der Waals surface area (Å²) in [5, 5.41) is 0. The number of hydrogen-bond donors (Lipinski definition) is 1. The molecular weight excluding hydrogens is 313 g/mol. The first kappa shape index (κ1) is 13.6. The maximum atomic E-state index is 12.8. The van der Waals surface area contributed by atoms with Gasteiger partial charge >= 0.3 is 0 Å². The SMILES string of the molecule is CC(N)c1ccc(Sc2ccc(F)cc2)c(Br)c1. The summed E-state index contributed by atoms with van der Waals surface area (Å²) >= 11 is 5.13. The second-order valence-electron chi connectivity index (χ2n) is 4.03. The third-order valence-electron chi connectivity index (χ3n) is 2.52. The van der Waals surface area contributed by atoms with Crippen molar-refractivity contribution >= 4 is 27.7 Å². The molecule has 1 nitrogen and oxygen atoms in total. The van der Waals surface area contributed by atoms with Crippen LogP contribution in [-0.2, 0) is 0 Å². The van der Waals surface area contributed by atoms with Crippen molar-refractivity contribution in [3.8, 4) is 0 Å². The molecule has 2 rings (SSSR count). The molecule has 0 fully saturated rings. The first-order valence-electron chi connectivity index (χ1n) is 5.54. The van der Waals surface area contributed by atoms with Crippen LogP contribution in [0, 0.1) is 5.82 Å². The number of nitrogens with two attached hydrogens (primary N) is 1. The highest BCUT2D eigenvalue weighted by atomic mass is 79.9. The highest BCUT2D eigenvalue weighted by Crippen LogP contribution is 2.34. The highest BCUT2D eigenvalue weighted by Gasteiger charge is 2.06. The van der Waals surface area contributed by atoms with Crippen LogP contribution in [-0.4, -0.2) is 0 Å². The lowest BCUT2D eigenvalue weighted by Gasteiger charge is -2.09. The van der Waals surface area contributed by atoms with Crippen molar-refractivity contribution in [1.29, 1.82) is 0 Å². The normalized spacial score (nSPS) is 12.4. The Labute approximate surface area is 119 Å². The van der Waals surface area contributed by atoms with Gasteiger partial charge in [-0.1, -0.05) is 17.8 Å². The molecule has 0 bridgehead atoms. The highest BCUT2D eigenvalue weighted by molar-refractivity contribution is 9.10. The molecule has 2 aromatic carbocycles. The molecule has 4 heteroatoms. The molecular formula is C14H13BrFNS. The number of rotatable bonds is 3. The molecule has 0 aliphatic rings. The number of hydrogen-bond acceptors (Lipinski definition) is 2. The summed E-state index contributed by atoms with van der Waals surface area (Å²) in [6.07, 6.45) is 0.